The van der Waals surface area contributed by atoms with Gasteiger partial charge in [0.2, 0.25) is 0 Å². The lowest BCUT2D eigenvalue weighted by atomic mass is 9.76. The van der Waals surface area contributed by atoms with Crippen LogP contribution >= 0.6 is 0 Å². The molecule has 29 heavy (non-hydrogen) atoms. The minimum atomic E-state index is -0.739. The zero-order valence-corrected chi connectivity index (χ0v) is 18.4. The molecule has 0 atom stereocenters. The van der Waals surface area contributed by atoms with E-state index >= 15 is 0 Å². The summed E-state index contributed by atoms with van der Waals surface area (Å²) >= 11 is 0. The Balaban J connectivity index is 1.33. The highest BCUT2D eigenvalue weighted by atomic mass is 19.2. The maximum Gasteiger partial charge on any atom is 0.159 e. The van der Waals surface area contributed by atoms with E-state index < -0.39 is 11.6 Å². The Kier molecular flexibility index (Phi) is 9.21. The summed E-state index contributed by atoms with van der Waals surface area (Å²) in [4.78, 5) is 0. The molecular formula is C27H40F2. The largest absolute Gasteiger partial charge is 0.204 e. The molecule has 3 rings (SSSR count). The average molecular weight is 403 g/mol. The zero-order valence-electron chi connectivity index (χ0n) is 18.4. The normalized spacial score (nSPS) is 28.1. The average Bonchev–Trinajstić information content (AvgIpc) is 2.75. The van der Waals surface area contributed by atoms with E-state index in [1.807, 2.05) is 0 Å². The second-order valence-corrected chi connectivity index (χ2v) is 9.65. The number of allylic oxidation sites excluding steroid dienone is 2. The van der Waals surface area contributed by atoms with Crippen molar-refractivity contribution in [1.29, 1.82) is 0 Å². The van der Waals surface area contributed by atoms with Crippen molar-refractivity contribution in [3.8, 4) is 0 Å². The highest BCUT2D eigenvalue weighted by Crippen LogP contribution is 2.38. The highest BCUT2D eigenvalue weighted by molar-refractivity contribution is 5.22. The molecule has 0 heterocycles. The zero-order chi connectivity index (χ0) is 20.5. The van der Waals surface area contributed by atoms with E-state index in [4.69, 9.17) is 0 Å². The SMILES string of the molecule is CCCCCCCC1CCC(C=CC2CCC(c3ccc(F)c(F)c3)CC2)CC1. The summed E-state index contributed by atoms with van der Waals surface area (Å²) in [5, 5.41) is 0. The second-order valence-electron chi connectivity index (χ2n) is 9.65. The van der Waals surface area contributed by atoms with Gasteiger partial charge in [0.1, 0.15) is 0 Å². The Bertz CT molecular complexity index is 619. The molecule has 0 N–H and O–H groups in total. The van der Waals surface area contributed by atoms with E-state index in [2.05, 4.69) is 19.1 Å². The lowest BCUT2D eigenvalue weighted by Crippen LogP contribution is -2.15. The Morgan fingerprint density at radius 1 is 0.759 bits per heavy atom. The van der Waals surface area contributed by atoms with Gasteiger partial charge < -0.3 is 0 Å². The van der Waals surface area contributed by atoms with Crippen molar-refractivity contribution < 1.29 is 8.78 Å². The molecule has 0 amide bonds. The van der Waals surface area contributed by atoms with Crippen LogP contribution in [-0.2, 0) is 0 Å². The van der Waals surface area contributed by atoms with Gasteiger partial charge in [0, 0.05) is 0 Å². The first kappa shape index (κ1) is 22.5. The van der Waals surface area contributed by atoms with Gasteiger partial charge in [-0.25, -0.2) is 8.78 Å². The fraction of sp³-hybridized carbons (Fsp3) is 0.704. The lowest BCUT2D eigenvalue weighted by molar-refractivity contribution is 0.287. The molecule has 0 nitrogen and oxygen atoms in total. The molecule has 162 valence electrons. The summed E-state index contributed by atoms with van der Waals surface area (Å²) in [6, 6.07) is 4.44. The van der Waals surface area contributed by atoms with Crippen LogP contribution < -0.4 is 0 Å². The minimum Gasteiger partial charge on any atom is -0.204 e. The van der Waals surface area contributed by atoms with E-state index in [1.165, 1.54) is 89.2 Å². The van der Waals surface area contributed by atoms with E-state index in [9.17, 15) is 8.78 Å². The van der Waals surface area contributed by atoms with Crippen molar-refractivity contribution in [3.63, 3.8) is 0 Å². The minimum absolute atomic E-state index is 0.391. The summed E-state index contributed by atoms with van der Waals surface area (Å²) in [5.74, 6) is 1.39. The first-order valence-electron chi connectivity index (χ1n) is 12.3. The van der Waals surface area contributed by atoms with Crippen LogP contribution in [0.2, 0.25) is 0 Å². The standard InChI is InChI=1S/C27H40F2/c1-2-3-4-5-6-7-21-8-10-22(11-9-21)12-13-23-14-16-24(17-15-23)25-18-19-26(28)27(29)20-25/h12-13,18-24H,2-11,14-17H2,1H3. The van der Waals surface area contributed by atoms with Crippen LogP contribution in [0, 0.1) is 29.4 Å². The molecule has 2 aliphatic rings. The highest BCUT2D eigenvalue weighted by Gasteiger charge is 2.23. The monoisotopic (exact) mass is 402 g/mol. The Labute approximate surface area is 177 Å². The molecule has 1 aromatic carbocycles. The molecule has 2 aliphatic carbocycles. The Hall–Kier alpha value is -1.18. The summed E-state index contributed by atoms with van der Waals surface area (Å²) in [7, 11) is 0. The molecule has 2 saturated carbocycles. The van der Waals surface area contributed by atoms with Crippen LogP contribution in [-0.4, -0.2) is 0 Å². The number of rotatable bonds is 9. The quantitative estimate of drug-likeness (QED) is 0.285. The molecule has 0 radical (unpaired) electrons. The third kappa shape index (κ3) is 7.23. The number of benzene rings is 1. The maximum atomic E-state index is 13.5. The summed E-state index contributed by atoms with van der Waals surface area (Å²) in [5.41, 5.74) is 0.972. The summed E-state index contributed by atoms with van der Waals surface area (Å²) in [6.07, 6.45) is 23.6. The van der Waals surface area contributed by atoms with Crippen molar-refractivity contribution in [2.75, 3.05) is 0 Å². The first-order chi connectivity index (χ1) is 14.2. The van der Waals surface area contributed by atoms with Crippen LogP contribution in [0.3, 0.4) is 0 Å². The molecule has 0 bridgehead atoms. The predicted molar refractivity (Wildman–Crippen MR) is 119 cm³/mol. The molecule has 0 aliphatic heterocycles. The Morgan fingerprint density at radius 2 is 1.38 bits per heavy atom. The predicted octanol–water partition coefficient (Wildman–Crippen LogP) is 8.96. The molecular weight excluding hydrogens is 362 g/mol. The van der Waals surface area contributed by atoms with Gasteiger partial charge in [0.05, 0.1) is 0 Å². The fourth-order valence-corrected chi connectivity index (χ4v) is 5.43. The number of unbranched alkanes of at least 4 members (excludes halogenated alkanes) is 4. The second kappa shape index (κ2) is 11.9. The molecule has 0 spiro atoms. The smallest absolute Gasteiger partial charge is 0.159 e. The van der Waals surface area contributed by atoms with Crippen LogP contribution in [0.1, 0.15) is 108 Å². The van der Waals surface area contributed by atoms with Gasteiger partial charge in [-0.1, -0.05) is 63.7 Å². The molecule has 0 saturated heterocycles. The van der Waals surface area contributed by atoms with Crippen molar-refractivity contribution in [3.05, 3.63) is 47.5 Å². The third-order valence-corrected chi connectivity index (χ3v) is 7.45. The van der Waals surface area contributed by atoms with Gasteiger partial charge in [-0.15, -0.1) is 0 Å². The van der Waals surface area contributed by atoms with Crippen molar-refractivity contribution in [2.45, 2.75) is 103 Å². The van der Waals surface area contributed by atoms with Gasteiger partial charge in [0.25, 0.3) is 0 Å². The first-order valence-corrected chi connectivity index (χ1v) is 12.3. The van der Waals surface area contributed by atoms with Gasteiger partial charge in [-0.2, -0.15) is 0 Å². The number of halogens is 2. The molecule has 0 unspecified atom stereocenters. The van der Waals surface area contributed by atoms with E-state index in [0.717, 1.165) is 30.2 Å². The van der Waals surface area contributed by atoms with Crippen molar-refractivity contribution in [2.24, 2.45) is 17.8 Å². The van der Waals surface area contributed by atoms with Crippen LogP contribution in [0.4, 0.5) is 8.78 Å². The summed E-state index contributed by atoms with van der Waals surface area (Å²) < 4.78 is 26.6. The molecule has 2 fully saturated rings. The maximum absolute atomic E-state index is 13.5. The van der Waals surface area contributed by atoms with Gasteiger partial charge in [-0.3, -0.25) is 0 Å². The number of hydrogen-bond donors (Lipinski definition) is 0. The van der Waals surface area contributed by atoms with Crippen LogP contribution in [0.15, 0.2) is 30.4 Å². The van der Waals surface area contributed by atoms with Crippen LogP contribution in [0.5, 0.6) is 0 Å². The van der Waals surface area contributed by atoms with E-state index in [1.54, 1.807) is 6.07 Å². The number of hydrogen-bond acceptors (Lipinski definition) is 0. The Morgan fingerprint density at radius 3 is 2.00 bits per heavy atom. The van der Waals surface area contributed by atoms with Crippen molar-refractivity contribution >= 4 is 0 Å². The lowest BCUT2D eigenvalue weighted by Gasteiger charge is -2.29. The van der Waals surface area contributed by atoms with Gasteiger partial charge in [-0.05, 0) is 92.7 Å². The van der Waals surface area contributed by atoms with Crippen molar-refractivity contribution in [1.82, 2.24) is 0 Å². The van der Waals surface area contributed by atoms with Crippen LogP contribution in [0.25, 0.3) is 0 Å². The van der Waals surface area contributed by atoms with Gasteiger partial charge in [0.15, 0.2) is 11.6 Å². The fourth-order valence-electron chi connectivity index (χ4n) is 5.43. The van der Waals surface area contributed by atoms with E-state index in [-0.39, 0.29) is 0 Å². The third-order valence-electron chi connectivity index (χ3n) is 7.45. The molecule has 1 aromatic rings. The molecule has 0 aromatic heterocycles. The van der Waals surface area contributed by atoms with E-state index in [0.29, 0.717) is 11.8 Å². The summed E-state index contributed by atoms with van der Waals surface area (Å²) in [6.45, 7) is 2.28. The van der Waals surface area contributed by atoms with Gasteiger partial charge >= 0.3 is 0 Å². The molecule has 2 heteroatoms. The topological polar surface area (TPSA) is 0 Å².